The maximum atomic E-state index is 12.4. The van der Waals surface area contributed by atoms with Crippen molar-refractivity contribution in [3.63, 3.8) is 0 Å². The summed E-state index contributed by atoms with van der Waals surface area (Å²) < 4.78 is 0. The Morgan fingerprint density at radius 3 is 2.15 bits per heavy atom. The van der Waals surface area contributed by atoms with E-state index in [9.17, 15) is 4.79 Å². The van der Waals surface area contributed by atoms with E-state index in [0.717, 1.165) is 25.4 Å². The highest BCUT2D eigenvalue weighted by Gasteiger charge is 2.51. The van der Waals surface area contributed by atoms with Crippen LogP contribution in [0.1, 0.15) is 46.5 Å². The van der Waals surface area contributed by atoms with Crippen molar-refractivity contribution in [3.05, 3.63) is 0 Å². The van der Waals surface area contributed by atoms with Crippen molar-refractivity contribution in [3.8, 4) is 0 Å². The lowest BCUT2D eigenvalue weighted by molar-refractivity contribution is -0.191. The lowest BCUT2D eigenvalue weighted by atomic mass is 9.58. The molecule has 0 unspecified atom stereocenters. The molecule has 114 valence electrons. The lowest BCUT2D eigenvalue weighted by Gasteiger charge is -2.51. The molecule has 1 amide bonds. The van der Waals surface area contributed by atoms with Crippen LogP contribution >= 0.6 is 0 Å². The fourth-order valence-electron chi connectivity index (χ4n) is 3.16. The average Bonchev–Trinajstić information content (AvgIpc) is 2.45. The van der Waals surface area contributed by atoms with Crippen molar-refractivity contribution >= 4 is 12.1 Å². The van der Waals surface area contributed by atoms with Crippen LogP contribution in [0.2, 0.25) is 0 Å². The second-order valence-corrected chi connectivity index (χ2v) is 6.48. The Kier molecular flexibility index (Phi) is 5.90. The zero-order valence-electron chi connectivity index (χ0n) is 12.7. The van der Waals surface area contributed by atoms with Crippen LogP contribution in [-0.4, -0.2) is 36.1 Å². The van der Waals surface area contributed by atoms with Gasteiger partial charge in [-0.15, -0.1) is 0 Å². The Morgan fingerprint density at radius 1 is 1.30 bits per heavy atom. The predicted molar refractivity (Wildman–Crippen MR) is 74.5 cm³/mol. The number of amides is 1. The standard InChI is InChI=1S/C14H26N2O.CO2/c1-4-10-5-7-16(8-6-10)13(17)11-9-12(15)14(11,2)3;2-1-3/h10-12H,4-9,15H2,1-3H3;/t11-,12-;/m0./s1. The smallest absolute Gasteiger partial charge is 0.342 e. The summed E-state index contributed by atoms with van der Waals surface area (Å²) in [6.07, 6.45) is 4.74. The first kappa shape index (κ1) is 16.9. The first-order valence-electron chi connectivity index (χ1n) is 7.42. The van der Waals surface area contributed by atoms with Crippen LogP contribution in [0.25, 0.3) is 0 Å². The summed E-state index contributed by atoms with van der Waals surface area (Å²) in [4.78, 5) is 30.7. The van der Waals surface area contributed by atoms with E-state index in [1.54, 1.807) is 0 Å². The molecule has 0 aromatic carbocycles. The third-order valence-electron chi connectivity index (χ3n) is 5.15. The summed E-state index contributed by atoms with van der Waals surface area (Å²) in [6.45, 7) is 8.42. The molecule has 20 heavy (non-hydrogen) atoms. The van der Waals surface area contributed by atoms with Gasteiger partial charge in [0.15, 0.2) is 0 Å². The fraction of sp³-hybridized carbons (Fsp3) is 0.867. The Labute approximate surface area is 120 Å². The van der Waals surface area contributed by atoms with Crippen LogP contribution in [-0.2, 0) is 14.4 Å². The molecule has 1 aliphatic heterocycles. The molecule has 2 rings (SSSR count). The van der Waals surface area contributed by atoms with Gasteiger partial charge in [-0.1, -0.05) is 27.2 Å². The molecule has 0 aromatic rings. The van der Waals surface area contributed by atoms with Crippen LogP contribution < -0.4 is 5.73 Å². The number of carbonyl (C=O) groups excluding carboxylic acids is 3. The largest absolute Gasteiger partial charge is 0.373 e. The van der Waals surface area contributed by atoms with Gasteiger partial charge in [0, 0.05) is 25.0 Å². The zero-order chi connectivity index (χ0) is 15.3. The molecule has 0 aromatic heterocycles. The normalized spacial score (nSPS) is 28.7. The molecular weight excluding hydrogens is 256 g/mol. The number of hydrogen-bond acceptors (Lipinski definition) is 4. The SMILES string of the molecule is CCC1CCN(C(=O)[C@@H]2C[C@H](N)C2(C)C)CC1.O=C=O. The summed E-state index contributed by atoms with van der Waals surface area (Å²) >= 11 is 0. The van der Waals surface area contributed by atoms with Crippen molar-refractivity contribution in [1.29, 1.82) is 0 Å². The van der Waals surface area contributed by atoms with E-state index in [1.165, 1.54) is 19.3 Å². The van der Waals surface area contributed by atoms with E-state index < -0.39 is 0 Å². The van der Waals surface area contributed by atoms with Gasteiger partial charge in [0.25, 0.3) is 0 Å². The minimum absolute atomic E-state index is 0.00130. The molecule has 1 aliphatic carbocycles. The third-order valence-corrected chi connectivity index (χ3v) is 5.15. The maximum Gasteiger partial charge on any atom is 0.373 e. The lowest BCUT2D eigenvalue weighted by Crippen LogP contribution is -2.60. The summed E-state index contributed by atoms with van der Waals surface area (Å²) in [7, 11) is 0. The molecule has 2 atom stereocenters. The van der Waals surface area contributed by atoms with Crippen molar-refractivity contribution in [2.75, 3.05) is 13.1 Å². The first-order valence-corrected chi connectivity index (χ1v) is 7.42. The quantitative estimate of drug-likeness (QED) is 0.830. The second-order valence-electron chi connectivity index (χ2n) is 6.48. The summed E-state index contributed by atoms with van der Waals surface area (Å²) in [5.74, 6) is 1.35. The van der Waals surface area contributed by atoms with Gasteiger partial charge in [0.1, 0.15) is 0 Å². The molecule has 0 radical (unpaired) electrons. The van der Waals surface area contributed by atoms with Gasteiger partial charge < -0.3 is 10.6 Å². The highest BCUT2D eigenvalue weighted by atomic mass is 16.2. The molecule has 1 saturated heterocycles. The molecule has 1 saturated carbocycles. The monoisotopic (exact) mass is 282 g/mol. The zero-order valence-corrected chi connectivity index (χ0v) is 12.7. The third kappa shape index (κ3) is 3.47. The summed E-state index contributed by atoms with van der Waals surface area (Å²) in [5.41, 5.74) is 5.99. The van der Waals surface area contributed by atoms with E-state index in [-0.39, 0.29) is 23.5 Å². The molecule has 2 N–H and O–H groups in total. The Morgan fingerprint density at radius 2 is 1.80 bits per heavy atom. The number of piperidine rings is 1. The van der Waals surface area contributed by atoms with Gasteiger partial charge in [-0.3, -0.25) is 4.79 Å². The predicted octanol–water partition coefficient (Wildman–Crippen LogP) is 1.42. The van der Waals surface area contributed by atoms with Crippen LogP contribution in [0.5, 0.6) is 0 Å². The summed E-state index contributed by atoms with van der Waals surface area (Å²) in [5, 5.41) is 0. The maximum absolute atomic E-state index is 12.4. The molecule has 5 nitrogen and oxygen atoms in total. The minimum Gasteiger partial charge on any atom is -0.342 e. The van der Waals surface area contributed by atoms with Gasteiger partial charge in [0.2, 0.25) is 5.91 Å². The van der Waals surface area contributed by atoms with E-state index in [0.29, 0.717) is 5.91 Å². The Balaban J connectivity index is 0.000000612. The fourth-order valence-corrected chi connectivity index (χ4v) is 3.16. The average molecular weight is 282 g/mol. The van der Waals surface area contributed by atoms with Crippen LogP contribution in [0.4, 0.5) is 0 Å². The number of hydrogen-bond donors (Lipinski definition) is 1. The van der Waals surface area contributed by atoms with Gasteiger partial charge >= 0.3 is 6.15 Å². The number of nitrogens with zero attached hydrogens (tertiary/aromatic N) is 1. The van der Waals surface area contributed by atoms with Crippen molar-refractivity contribution in [1.82, 2.24) is 4.90 Å². The Hall–Kier alpha value is -1.19. The van der Waals surface area contributed by atoms with Gasteiger partial charge in [-0.05, 0) is 30.6 Å². The highest BCUT2D eigenvalue weighted by Crippen LogP contribution is 2.46. The number of carbonyl (C=O) groups is 1. The molecule has 0 bridgehead atoms. The van der Waals surface area contributed by atoms with E-state index in [2.05, 4.69) is 25.7 Å². The summed E-state index contributed by atoms with van der Waals surface area (Å²) in [6, 6.07) is 0.199. The molecular formula is C15H26N2O3. The van der Waals surface area contributed by atoms with Crippen molar-refractivity contribution in [2.45, 2.75) is 52.5 Å². The molecule has 2 fully saturated rings. The number of likely N-dealkylation sites (tertiary alicyclic amines) is 1. The van der Waals surface area contributed by atoms with Crippen molar-refractivity contribution < 1.29 is 14.4 Å². The topological polar surface area (TPSA) is 80.5 Å². The molecule has 2 aliphatic rings. The van der Waals surface area contributed by atoms with E-state index in [1.807, 2.05) is 0 Å². The molecule has 0 spiro atoms. The van der Waals surface area contributed by atoms with Gasteiger partial charge in [0.05, 0.1) is 0 Å². The second kappa shape index (κ2) is 7.00. The Bertz CT molecular complexity index is 367. The number of nitrogens with two attached hydrogens (primary N) is 1. The van der Waals surface area contributed by atoms with Crippen molar-refractivity contribution in [2.24, 2.45) is 23.0 Å². The van der Waals surface area contributed by atoms with Crippen LogP contribution in [0.3, 0.4) is 0 Å². The minimum atomic E-state index is -0.00130. The van der Waals surface area contributed by atoms with E-state index >= 15 is 0 Å². The molecule has 1 heterocycles. The first-order chi connectivity index (χ1) is 9.38. The molecule has 5 heteroatoms. The highest BCUT2D eigenvalue weighted by molar-refractivity contribution is 5.81. The van der Waals surface area contributed by atoms with Gasteiger partial charge in [-0.25, -0.2) is 0 Å². The van der Waals surface area contributed by atoms with Crippen LogP contribution in [0, 0.1) is 17.3 Å². The van der Waals surface area contributed by atoms with Gasteiger partial charge in [-0.2, -0.15) is 9.59 Å². The van der Waals surface area contributed by atoms with E-state index in [4.69, 9.17) is 15.3 Å². The number of rotatable bonds is 2. The van der Waals surface area contributed by atoms with Crippen LogP contribution in [0.15, 0.2) is 0 Å².